The van der Waals surface area contributed by atoms with Crippen LogP contribution in [0.25, 0.3) is 0 Å². The van der Waals surface area contributed by atoms with E-state index in [0.717, 1.165) is 5.75 Å². The Balaban J connectivity index is 2.65. The summed E-state index contributed by atoms with van der Waals surface area (Å²) in [6.45, 7) is 2.29. The first-order valence-corrected chi connectivity index (χ1v) is 6.81. The van der Waals surface area contributed by atoms with Crippen molar-refractivity contribution in [3.8, 4) is 0 Å². The molecule has 1 aromatic rings. The largest absolute Gasteiger partial charge is 0.478 e. The highest BCUT2D eigenvalue weighted by Gasteiger charge is 2.09. The van der Waals surface area contributed by atoms with Gasteiger partial charge in [-0.05, 0) is 30.9 Å². The summed E-state index contributed by atoms with van der Waals surface area (Å²) in [4.78, 5) is 22.4. The van der Waals surface area contributed by atoms with Crippen LogP contribution in [0.2, 0.25) is 0 Å². The molecule has 0 bridgehead atoms. The number of hydrogen-bond acceptors (Lipinski definition) is 3. The minimum Gasteiger partial charge on any atom is -0.478 e. The van der Waals surface area contributed by atoms with Gasteiger partial charge in [0.15, 0.2) is 0 Å². The van der Waals surface area contributed by atoms with Crippen LogP contribution in [0.3, 0.4) is 0 Å². The lowest BCUT2D eigenvalue weighted by Crippen LogP contribution is -2.30. The fraction of sp³-hybridized carbons (Fsp3) is 0.333. The number of carboxylic acids is 1. The Labute approximate surface area is 110 Å². The number of carbonyl (C=O) groups is 2. The number of carbonyl (C=O) groups excluding carboxylic acids is 1. The van der Waals surface area contributed by atoms with Gasteiger partial charge >= 0.3 is 12.0 Å². The minimum atomic E-state index is -1.00. The summed E-state index contributed by atoms with van der Waals surface area (Å²) in [7, 11) is 0. The number of urea groups is 1. The fourth-order valence-corrected chi connectivity index (χ4v) is 1.68. The number of nitrogens with one attached hydrogen (secondary N) is 2. The van der Waals surface area contributed by atoms with E-state index in [2.05, 4.69) is 10.6 Å². The molecule has 0 aliphatic heterocycles. The van der Waals surface area contributed by atoms with Crippen LogP contribution in [0.1, 0.15) is 15.9 Å². The number of hydrogen-bond donors (Lipinski definition) is 3. The summed E-state index contributed by atoms with van der Waals surface area (Å²) in [5.74, 6) is -0.166. The normalized spacial score (nSPS) is 9.89. The average Bonchev–Trinajstić information content (AvgIpc) is 2.31. The van der Waals surface area contributed by atoms with Crippen molar-refractivity contribution in [1.82, 2.24) is 5.32 Å². The van der Waals surface area contributed by atoms with Gasteiger partial charge in [0.1, 0.15) is 0 Å². The second-order valence-electron chi connectivity index (χ2n) is 3.71. The number of rotatable bonds is 5. The molecule has 0 fully saturated rings. The first-order chi connectivity index (χ1) is 8.54. The van der Waals surface area contributed by atoms with E-state index < -0.39 is 5.97 Å². The third kappa shape index (κ3) is 4.29. The zero-order chi connectivity index (χ0) is 13.5. The van der Waals surface area contributed by atoms with Crippen LogP contribution in [0.15, 0.2) is 18.2 Å². The molecule has 0 aliphatic carbocycles. The Morgan fingerprint density at radius 3 is 2.72 bits per heavy atom. The van der Waals surface area contributed by atoms with Gasteiger partial charge in [-0.2, -0.15) is 11.8 Å². The third-order valence-electron chi connectivity index (χ3n) is 2.32. The van der Waals surface area contributed by atoms with E-state index in [-0.39, 0.29) is 11.6 Å². The molecule has 1 aromatic carbocycles. The van der Waals surface area contributed by atoms with Gasteiger partial charge in [-0.15, -0.1) is 0 Å². The van der Waals surface area contributed by atoms with Gasteiger partial charge in [0, 0.05) is 18.0 Å². The van der Waals surface area contributed by atoms with E-state index in [1.165, 1.54) is 6.07 Å². The topological polar surface area (TPSA) is 78.4 Å². The lowest BCUT2D eigenvalue weighted by molar-refractivity contribution is 0.0696. The smallest absolute Gasteiger partial charge is 0.336 e. The van der Waals surface area contributed by atoms with E-state index in [9.17, 15) is 9.59 Å². The molecule has 6 heteroatoms. The van der Waals surface area contributed by atoms with Gasteiger partial charge in [0.25, 0.3) is 0 Å². The van der Waals surface area contributed by atoms with Crippen molar-refractivity contribution in [2.45, 2.75) is 6.92 Å². The summed E-state index contributed by atoms with van der Waals surface area (Å²) in [5.41, 5.74) is 1.33. The molecular weight excluding hydrogens is 252 g/mol. The summed E-state index contributed by atoms with van der Waals surface area (Å²) in [6, 6.07) is 4.46. The second-order valence-corrected chi connectivity index (χ2v) is 4.69. The second kappa shape index (κ2) is 6.90. The van der Waals surface area contributed by atoms with Crippen molar-refractivity contribution in [2.24, 2.45) is 0 Å². The SMILES string of the molecule is CSCCNC(=O)Nc1ccc(C)c(C(=O)O)c1. The number of amides is 2. The Bertz CT molecular complexity index is 449. The molecular formula is C12H16N2O3S. The highest BCUT2D eigenvalue weighted by molar-refractivity contribution is 7.98. The van der Waals surface area contributed by atoms with E-state index in [1.807, 2.05) is 6.26 Å². The lowest BCUT2D eigenvalue weighted by Gasteiger charge is -2.08. The summed E-state index contributed by atoms with van der Waals surface area (Å²) in [5, 5.41) is 14.2. The maximum Gasteiger partial charge on any atom is 0.336 e. The summed E-state index contributed by atoms with van der Waals surface area (Å²) in [6.07, 6.45) is 1.96. The molecule has 3 N–H and O–H groups in total. The maximum atomic E-state index is 11.5. The molecule has 0 radical (unpaired) electrons. The highest BCUT2D eigenvalue weighted by atomic mass is 32.2. The number of thioether (sulfide) groups is 1. The van der Waals surface area contributed by atoms with Crippen LogP contribution in [0.5, 0.6) is 0 Å². The van der Waals surface area contributed by atoms with E-state index in [0.29, 0.717) is 17.8 Å². The number of benzene rings is 1. The number of carboxylic acid groups (broad SMARTS) is 1. The van der Waals surface area contributed by atoms with Crippen molar-refractivity contribution in [3.63, 3.8) is 0 Å². The fourth-order valence-electron chi connectivity index (χ4n) is 1.37. The third-order valence-corrected chi connectivity index (χ3v) is 2.93. The number of aryl methyl sites for hydroxylation is 1. The van der Waals surface area contributed by atoms with Crippen molar-refractivity contribution in [2.75, 3.05) is 23.9 Å². The Kier molecular flexibility index (Phi) is 5.51. The standard InChI is InChI=1S/C12H16N2O3S/c1-8-3-4-9(7-10(8)11(15)16)14-12(17)13-5-6-18-2/h3-4,7H,5-6H2,1-2H3,(H,15,16)(H2,13,14,17). The lowest BCUT2D eigenvalue weighted by atomic mass is 10.1. The highest BCUT2D eigenvalue weighted by Crippen LogP contribution is 2.15. The average molecular weight is 268 g/mol. The first kappa shape index (κ1) is 14.4. The molecule has 0 spiro atoms. The molecule has 0 atom stereocenters. The molecule has 0 aromatic heterocycles. The van der Waals surface area contributed by atoms with Gasteiger partial charge in [0.2, 0.25) is 0 Å². The van der Waals surface area contributed by atoms with Crippen molar-refractivity contribution in [1.29, 1.82) is 0 Å². The van der Waals surface area contributed by atoms with Crippen molar-refractivity contribution in [3.05, 3.63) is 29.3 Å². The van der Waals surface area contributed by atoms with Gasteiger partial charge in [-0.3, -0.25) is 0 Å². The maximum absolute atomic E-state index is 11.5. The molecule has 0 saturated heterocycles. The zero-order valence-corrected chi connectivity index (χ0v) is 11.1. The Morgan fingerprint density at radius 2 is 2.11 bits per heavy atom. The molecule has 2 amide bonds. The first-order valence-electron chi connectivity index (χ1n) is 5.42. The van der Waals surface area contributed by atoms with E-state index >= 15 is 0 Å². The van der Waals surface area contributed by atoms with Crippen LogP contribution < -0.4 is 10.6 Å². The minimum absolute atomic E-state index is 0.192. The molecule has 0 aliphatic rings. The van der Waals surface area contributed by atoms with E-state index in [4.69, 9.17) is 5.11 Å². The predicted octanol–water partition coefficient (Wildman–Crippen LogP) is 2.18. The van der Waals surface area contributed by atoms with Crippen LogP contribution in [-0.2, 0) is 0 Å². The van der Waals surface area contributed by atoms with Gasteiger partial charge in [0.05, 0.1) is 5.56 Å². The van der Waals surface area contributed by atoms with Crippen LogP contribution in [0, 0.1) is 6.92 Å². The molecule has 0 heterocycles. The van der Waals surface area contributed by atoms with Crippen molar-refractivity contribution >= 4 is 29.4 Å². The van der Waals surface area contributed by atoms with Gasteiger partial charge in [-0.25, -0.2) is 9.59 Å². The van der Waals surface area contributed by atoms with Gasteiger partial charge in [-0.1, -0.05) is 6.07 Å². The summed E-state index contributed by atoms with van der Waals surface area (Å²) >= 11 is 1.64. The molecule has 18 heavy (non-hydrogen) atoms. The quantitative estimate of drug-likeness (QED) is 0.715. The summed E-state index contributed by atoms with van der Waals surface area (Å²) < 4.78 is 0. The van der Waals surface area contributed by atoms with Crippen LogP contribution in [-0.4, -0.2) is 35.7 Å². The number of anilines is 1. The molecule has 0 unspecified atom stereocenters. The Hall–Kier alpha value is -1.69. The molecule has 5 nitrogen and oxygen atoms in total. The monoisotopic (exact) mass is 268 g/mol. The zero-order valence-electron chi connectivity index (χ0n) is 10.3. The Morgan fingerprint density at radius 1 is 1.39 bits per heavy atom. The van der Waals surface area contributed by atoms with Crippen LogP contribution in [0.4, 0.5) is 10.5 Å². The van der Waals surface area contributed by atoms with Crippen molar-refractivity contribution < 1.29 is 14.7 Å². The van der Waals surface area contributed by atoms with Gasteiger partial charge < -0.3 is 15.7 Å². The van der Waals surface area contributed by atoms with E-state index in [1.54, 1.807) is 30.8 Å². The predicted molar refractivity (Wildman–Crippen MR) is 73.5 cm³/mol. The molecule has 98 valence electrons. The number of aromatic carboxylic acids is 1. The van der Waals surface area contributed by atoms with Crippen LogP contribution >= 0.6 is 11.8 Å². The molecule has 0 saturated carbocycles. The molecule has 1 rings (SSSR count).